The normalized spacial score (nSPS) is 12.1. The fraction of sp³-hybridized carbons (Fsp3) is 0.240. The smallest absolute Gasteiger partial charge is 0.248 e. The van der Waals surface area contributed by atoms with Gasteiger partial charge in [0.25, 0.3) is 0 Å². The number of hydrogen-bond donors (Lipinski definition) is 1. The fourth-order valence-corrected chi connectivity index (χ4v) is 4.56. The molecule has 1 amide bonds. The van der Waals surface area contributed by atoms with Crippen molar-refractivity contribution in [1.82, 2.24) is 0 Å². The third kappa shape index (κ3) is 6.11. The molecular weight excluding hydrogens is 424 g/mol. The maximum atomic E-state index is 13.0. The van der Waals surface area contributed by atoms with E-state index in [1.165, 1.54) is 4.31 Å². The number of amides is 1. The molecule has 0 spiro atoms. The molecule has 0 aliphatic carbocycles. The molecule has 0 heterocycles. The lowest BCUT2D eigenvalue weighted by Gasteiger charge is -2.30. The van der Waals surface area contributed by atoms with Gasteiger partial charge >= 0.3 is 0 Å². The molecule has 3 aromatic carbocycles. The summed E-state index contributed by atoms with van der Waals surface area (Å²) in [7, 11) is -3.67. The number of sulfonamides is 1. The number of nitrogens with zero attached hydrogens (tertiary/aromatic N) is 1. The summed E-state index contributed by atoms with van der Waals surface area (Å²) in [6.07, 6.45) is 1.44. The molecule has 3 aromatic rings. The van der Waals surface area contributed by atoms with E-state index in [1.807, 2.05) is 49.4 Å². The van der Waals surface area contributed by atoms with Crippen LogP contribution in [0.1, 0.15) is 24.5 Å². The number of anilines is 2. The summed E-state index contributed by atoms with van der Waals surface area (Å²) in [5.41, 5.74) is 3.10. The maximum absolute atomic E-state index is 13.0. The monoisotopic (exact) mass is 452 g/mol. The quantitative estimate of drug-likeness (QED) is 0.508. The Hall–Kier alpha value is -3.32. The molecule has 6 nitrogen and oxygen atoms in total. The highest BCUT2D eigenvalue weighted by molar-refractivity contribution is 7.92. The van der Waals surface area contributed by atoms with E-state index in [1.54, 1.807) is 43.3 Å². The topological polar surface area (TPSA) is 75.7 Å². The zero-order valence-corrected chi connectivity index (χ0v) is 19.3. The minimum absolute atomic E-state index is 0.324. The second kappa shape index (κ2) is 10.3. The van der Waals surface area contributed by atoms with E-state index in [4.69, 9.17) is 4.74 Å². The van der Waals surface area contributed by atoms with Crippen LogP contribution in [-0.4, -0.2) is 26.6 Å². The highest BCUT2D eigenvalue weighted by Gasteiger charge is 2.31. The fourth-order valence-electron chi connectivity index (χ4n) is 3.35. The molecular formula is C25H28N2O4S. The van der Waals surface area contributed by atoms with Gasteiger partial charge in [-0.2, -0.15) is 0 Å². The van der Waals surface area contributed by atoms with Crippen LogP contribution in [0, 0.1) is 6.92 Å². The molecule has 0 saturated carbocycles. The van der Waals surface area contributed by atoms with Crippen LogP contribution in [-0.2, 0) is 21.4 Å². The lowest BCUT2D eigenvalue weighted by molar-refractivity contribution is -0.117. The number of rotatable bonds is 9. The van der Waals surface area contributed by atoms with Gasteiger partial charge in [-0.05, 0) is 55.3 Å². The van der Waals surface area contributed by atoms with Crippen LogP contribution in [0.2, 0.25) is 0 Å². The number of carbonyl (C=O) groups is 1. The van der Waals surface area contributed by atoms with Crippen molar-refractivity contribution in [2.24, 2.45) is 0 Å². The second-order valence-electron chi connectivity index (χ2n) is 7.61. The van der Waals surface area contributed by atoms with Crippen LogP contribution < -0.4 is 14.4 Å². The van der Waals surface area contributed by atoms with Gasteiger partial charge in [-0.3, -0.25) is 9.10 Å². The van der Waals surface area contributed by atoms with Crippen LogP contribution >= 0.6 is 0 Å². The summed E-state index contributed by atoms with van der Waals surface area (Å²) in [6, 6.07) is 23.1. The molecule has 32 heavy (non-hydrogen) atoms. The van der Waals surface area contributed by atoms with Crippen LogP contribution in [0.4, 0.5) is 11.4 Å². The number of carbonyl (C=O) groups excluding carboxylic acids is 1. The van der Waals surface area contributed by atoms with Crippen molar-refractivity contribution >= 4 is 27.3 Å². The van der Waals surface area contributed by atoms with E-state index < -0.39 is 22.0 Å². The zero-order valence-electron chi connectivity index (χ0n) is 18.5. The molecule has 0 aliphatic heterocycles. The Bertz CT molecular complexity index is 1130. The standard InChI is InChI=1S/C25H28N2O4S/c1-4-24(27(32(3,29)30)22-14-10-19(2)11-15-22)25(28)26-21-12-16-23(17-13-21)31-18-20-8-6-5-7-9-20/h5-17,24H,4,18H2,1-3H3,(H,26,28)/t24-/m0/s1. The Morgan fingerprint density at radius 1 is 0.969 bits per heavy atom. The first-order chi connectivity index (χ1) is 15.3. The zero-order chi connectivity index (χ0) is 23.1. The largest absolute Gasteiger partial charge is 0.489 e. The Morgan fingerprint density at radius 2 is 1.59 bits per heavy atom. The first kappa shape index (κ1) is 23.3. The van der Waals surface area contributed by atoms with Crippen LogP contribution in [0.3, 0.4) is 0 Å². The molecule has 1 N–H and O–H groups in total. The van der Waals surface area contributed by atoms with Crippen LogP contribution in [0.5, 0.6) is 5.75 Å². The van der Waals surface area contributed by atoms with Gasteiger partial charge < -0.3 is 10.1 Å². The number of nitrogens with one attached hydrogen (secondary N) is 1. The molecule has 168 valence electrons. The molecule has 0 saturated heterocycles. The third-order valence-corrected chi connectivity index (χ3v) is 6.17. The van der Waals surface area contributed by atoms with Crippen LogP contribution in [0.25, 0.3) is 0 Å². The lowest BCUT2D eigenvalue weighted by atomic mass is 10.1. The lowest BCUT2D eigenvalue weighted by Crippen LogP contribution is -2.47. The predicted molar refractivity (Wildman–Crippen MR) is 128 cm³/mol. The van der Waals surface area contributed by atoms with Crippen LogP contribution in [0.15, 0.2) is 78.9 Å². The van der Waals surface area contributed by atoms with Crippen molar-refractivity contribution < 1.29 is 17.9 Å². The average Bonchev–Trinajstić information content (AvgIpc) is 2.77. The van der Waals surface area contributed by atoms with E-state index in [9.17, 15) is 13.2 Å². The van der Waals surface area contributed by atoms with E-state index in [2.05, 4.69) is 5.32 Å². The van der Waals surface area contributed by atoms with Gasteiger partial charge in [-0.1, -0.05) is 55.0 Å². The number of ether oxygens (including phenoxy) is 1. The number of hydrogen-bond acceptors (Lipinski definition) is 4. The van der Waals surface area contributed by atoms with Crippen molar-refractivity contribution in [3.63, 3.8) is 0 Å². The van der Waals surface area contributed by atoms with Gasteiger partial charge in [0.15, 0.2) is 0 Å². The van der Waals surface area contributed by atoms with Gasteiger partial charge in [0.05, 0.1) is 11.9 Å². The Morgan fingerprint density at radius 3 is 2.16 bits per heavy atom. The molecule has 3 rings (SSSR count). The molecule has 1 atom stereocenters. The van der Waals surface area contributed by atoms with Gasteiger partial charge in [0.1, 0.15) is 18.4 Å². The summed E-state index contributed by atoms with van der Waals surface area (Å²) in [5, 5.41) is 2.83. The minimum atomic E-state index is -3.67. The second-order valence-corrected chi connectivity index (χ2v) is 9.47. The predicted octanol–water partition coefficient (Wildman–Crippen LogP) is 4.76. The van der Waals surface area contributed by atoms with Gasteiger partial charge in [-0.15, -0.1) is 0 Å². The van der Waals surface area contributed by atoms with Gasteiger partial charge in [0.2, 0.25) is 15.9 Å². The van der Waals surface area contributed by atoms with Gasteiger partial charge in [0, 0.05) is 5.69 Å². The van der Waals surface area contributed by atoms with Crippen molar-refractivity contribution in [3.05, 3.63) is 90.0 Å². The highest BCUT2D eigenvalue weighted by Crippen LogP contribution is 2.24. The van der Waals surface area contributed by atoms with Crippen molar-refractivity contribution in [1.29, 1.82) is 0 Å². The molecule has 0 aliphatic rings. The van der Waals surface area contributed by atoms with Gasteiger partial charge in [-0.25, -0.2) is 8.42 Å². The molecule has 0 bridgehead atoms. The molecule has 0 fully saturated rings. The van der Waals surface area contributed by atoms with Crippen molar-refractivity contribution in [2.75, 3.05) is 15.9 Å². The Balaban J connectivity index is 1.71. The molecule has 0 aromatic heterocycles. The Kier molecular flexibility index (Phi) is 7.53. The first-order valence-corrected chi connectivity index (χ1v) is 12.3. The highest BCUT2D eigenvalue weighted by atomic mass is 32.2. The van der Waals surface area contributed by atoms with E-state index in [0.717, 1.165) is 17.4 Å². The van der Waals surface area contributed by atoms with E-state index in [-0.39, 0.29) is 0 Å². The first-order valence-electron chi connectivity index (χ1n) is 10.4. The Labute approximate surface area is 189 Å². The SMILES string of the molecule is CC[C@@H](C(=O)Nc1ccc(OCc2ccccc2)cc1)N(c1ccc(C)cc1)S(C)(=O)=O. The molecule has 0 unspecified atom stereocenters. The van der Waals surface area contributed by atoms with Crippen molar-refractivity contribution in [3.8, 4) is 5.75 Å². The van der Waals surface area contributed by atoms with E-state index in [0.29, 0.717) is 30.2 Å². The minimum Gasteiger partial charge on any atom is -0.489 e. The average molecular weight is 453 g/mol. The van der Waals surface area contributed by atoms with Crippen molar-refractivity contribution in [2.45, 2.75) is 32.9 Å². The molecule has 7 heteroatoms. The summed E-state index contributed by atoms with van der Waals surface area (Å²) in [6.45, 7) is 4.16. The third-order valence-electron chi connectivity index (χ3n) is 4.99. The maximum Gasteiger partial charge on any atom is 0.248 e. The number of aryl methyl sites for hydroxylation is 1. The summed E-state index contributed by atoms with van der Waals surface area (Å²) < 4.78 is 32.0. The summed E-state index contributed by atoms with van der Waals surface area (Å²) >= 11 is 0. The molecule has 0 radical (unpaired) electrons. The number of benzene rings is 3. The van der Waals surface area contributed by atoms with E-state index >= 15 is 0 Å². The summed E-state index contributed by atoms with van der Waals surface area (Å²) in [5.74, 6) is 0.285. The summed E-state index contributed by atoms with van der Waals surface area (Å²) in [4.78, 5) is 13.0.